The summed E-state index contributed by atoms with van der Waals surface area (Å²) in [6.45, 7) is 4.06. The van der Waals surface area contributed by atoms with Gasteiger partial charge in [0.25, 0.3) is 0 Å². The van der Waals surface area contributed by atoms with Gasteiger partial charge in [0.05, 0.1) is 6.61 Å². The molecule has 1 N–H and O–H groups in total. The molecule has 0 spiro atoms. The molecule has 1 aliphatic rings. The van der Waals surface area contributed by atoms with Gasteiger partial charge in [0.2, 0.25) is 0 Å². The van der Waals surface area contributed by atoms with Crippen molar-refractivity contribution in [2.75, 3.05) is 20.3 Å². The van der Waals surface area contributed by atoms with Crippen LogP contribution >= 0.6 is 0 Å². The van der Waals surface area contributed by atoms with Crippen LogP contribution in [0, 0.1) is 5.92 Å². The summed E-state index contributed by atoms with van der Waals surface area (Å²) < 4.78 is 5.75. The van der Waals surface area contributed by atoms with Gasteiger partial charge in [-0.2, -0.15) is 0 Å². The zero-order valence-corrected chi connectivity index (χ0v) is 9.72. The normalized spacial score (nSPS) is 21.0. The van der Waals surface area contributed by atoms with Crippen molar-refractivity contribution < 1.29 is 4.74 Å². The van der Waals surface area contributed by atoms with E-state index in [-0.39, 0.29) is 0 Å². The molecule has 84 valence electrons. The van der Waals surface area contributed by atoms with Gasteiger partial charge in [-0.3, -0.25) is 0 Å². The number of hydrogen-bond acceptors (Lipinski definition) is 2. The number of likely N-dealkylation sites (N-methyl/N-ethyl adjacent to an activating group) is 1. The Bertz CT molecular complexity index is 128. The number of ether oxygens (including phenoxy) is 1. The zero-order valence-electron chi connectivity index (χ0n) is 9.72. The second-order valence-corrected chi connectivity index (χ2v) is 4.44. The van der Waals surface area contributed by atoms with Gasteiger partial charge < -0.3 is 10.1 Å². The van der Waals surface area contributed by atoms with E-state index in [2.05, 4.69) is 12.2 Å². The number of rotatable bonds is 6. The van der Waals surface area contributed by atoms with Crippen LogP contribution < -0.4 is 5.32 Å². The molecule has 0 aromatic rings. The fraction of sp³-hybridized carbons (Fsp3) is 1.00. The Morgan fingerprint density at radius 2 is 2.00 bits per heavy atom. The predicted octanol–water partition coefficient (Wildman–Crippen LogP) is 2.58. The standard InChI is InChI=1S/C12H25NO/c1-3-12(13-2)10-14-9-11-7-5-4-6-8-11/h11-13H,3-10H2,1-2H3. The second kappa shape index (κ2) is 7.24. The van der Waals surface area contributed by atoms with Crippen LogP contribution in [0.5, 0.6) is 0 Å². The lowest BCUT2D eigenvalue weighted by molar-refractivity contribution is 0.0701. The molecule has 1 fully saturated rings. The Balaban J connectivity index is 2.01. The summed E-state index contributed by atoms with van der Waals surface area (Å²) in [6.07, 6.45) is 8.19. The Labute approximate surface area is 88.4 Å². The van der Waals surface area contributed by atoms with Crippen LogP contribution in [0.4, 0.5) is 0 Å². The van der Waals surface area contributed by atoms with Crippen molar-refractivity contribution in [3.8, 4) is 0 Å². The molecule has 0 amide bonds. The molecule has 0 heterocycles. The molecule has 0 aliphatic heterocycles. The van der Waals surface area contributed by atoms with Crippen molar-refractivity contribution in [3.05, 3.63) is 0 Å². The summed E-state index contributed by atoms with van der Waals surface area (Å²) in [7, 11) is 2.01. The van der Waals surface area contributed by atoms with Crippen molar-refractivity contribution in [2.45, 2.75) is 51.5 Å². The average Bonchev–Trinajstić information content (AvgIpc) is 2.26. The molecule has 1 aliphatic carbocycles. The fourth-order valence-corrected chi connectivity index (χ4v) is 2.14. The second-order valence-electron chi connectivity index (χ2n) is 4.44. The van der Waals surface area contributed by atoms with Crippen molar-refractivity contribution in [2.24, 2.45) is 5.92 Å². The van der Waals surface area contributed by atoms with E-state index in [0.717, 1.165) is 25.6 Å². The molecule has 0 aromatic heterocycles. The lowest BCUT2D eigenvalue weighted by atomic mass is 9.90. The van der Waals surface area contributed by atoms with Crippen LogP contribution in [0.2, 0.25) is 0 Å². The largest absolute Gasteiger partial charge is 0.380 e. The molecular weight excluding hydrogens is 174 g/mol. The van der Waals surface area contributed by atoms with Crippen LogP contribution in [0.15, 0.2) is 0 Å². The molecule has 0 aromatic carbocycles. The van der Waals surface area contributed by atoms with Crippen LogP contribution in [-0.4, -0.2) is 26.3 Å². The van der Waals surface area contributed by atoms with Gasteiger partial charge in [0.1, 0.15) is 0 Å². The van der Waals surface area contributed by atoms with E-state index in [4.69, 9.17) is 4.74 Å². The van der Waals surface area contributed by atoms with Crippen LogP contribution in [0.25, 0.3) is 0 Å². The maximum atomic E-state index is 5.75. The molecule has 0 radical (unpaired) electrons. The van der Waals surface area contributed by atoms with Crippen LogP contribution in [0.1, 0.15) is 45.4 Å². The summed E-state index contributed by atoms with van der Waals surface area (Å²) in [5.74, 6) is 0.845. The molecule has 2 nitrogen and oxygen atoms in total. The lowest BCUT2D eigenvalue weighted by Crippen LogP contribution is -2.30. The summed E-state index contributed by atoms with van der Waals surface area (Å²) in [4.78, 5) is 0. The first kappa shape index (κ1) is 12.0. The maximum absolute atomic E-state index is 5.75. The van der Waals surface area contributed by atoms with Gasteiger partial charge in [-0.25, -0.2) is 0 Å². The topological polar surface area (TPSA) is 21.3 Å². The molecule has 1 rings (SSSR count). The minimum absolute atomic E-state index is 0.540. The fourth-order valence-electron chi connectivity index (χ4n) is 2.14. The van der Waals surface area contributed by atoms with Gasteiger partial charge >= 0.3 is 0 Å². The van der Waals surface area contributed by atoms with Crippen molar-refractivity contribution in [3.63, 3.8) is 0 Å². The minimum atomic E-state index is 0.540. The minimum Gasteiger partial charge on any atom is -0.380 e. The molecule has 1 atom stereocenters. The lowest BCUT2D eigenvalue weighted by Gasteiger charge is -2.22. The highest BCUT2D eigenvalue weighted by molar-refractivity contribution is 4.66. The van der Waals surface area contributed by atoms with Crippen LogP contribution in [0.3, 0.4) is 0 Å². The van der Waals surface area contributed by atoms with E-state index in [9.17, 15) is 0 Å². The van der Waals surface area contributed by atoms with E-state index in [1.165, 1.54) is 32.1 Å². The Morgan fingerprint density at radius 1 is 1.29 bits per heavy atom. The smallest absolute Gasteiger partial charge is 0.0619 e. The first-order valence-electron chi connectivity index (χ1n) is 6.11. The van der Waals surface area contributed by atoms with Crippen molar-refractivity contribution in [1.82, 2.24) is 5.32 Å². The summed E-state index contributed by atoms with van der Waals surface area (Å²) in [5, 5.41) is 3.26. The van der Waals surface area contributed by atoms with E-state index in [0.29, 0.717) is 6.04 Å². The highest BCUT2D eigenvalue weighted by atomic mass is 16.5. The molecule has 14 heavy (non-hydrogen) atoms. The molecule has 2 heteroatoms. The Morgan fingerprint density at radius 3 is 2.57 bits per heavy atom. The van der Waals surface area contributed by atoms with E-state index < -0.39 is 0 Å². The van der Waals surface area contributed by atoms with Gasteiger partial charge in [-0.15, -0.1) is 0 Å². The summed E-state index contributed by atoms with van der Waals surface area (Å²) >= 11 is 0. The van der Waals surface area contributed by atoms with Gasteiger partial charge in [0, 0.05) is 12.6 Å². The van der Waals surface area contributed by atoms with Crippen molar-refractivity contribution >= 4 is 0 Å². The third-order valence-electron chi connectivity index (χ3n) is 3.30. The zero-order chi connectivity index (χ0) is 10.2. The monoisotopic (exact) mass is 199 g/mol. The SMILES string of the molecule is CCC(COCC1CCCCC1)NC. The first-order valence-corrected chi connectivity index (χ1v) is 6.11. The maximum Gasteiger partial charge on any atom is 0.0619 e. The molecule has 1 unspecified atom stereocenters. The summed E-state index contributed by atoms with van der Waals surface area (Å²) in [5.41, 5.74) is 0. The average molecular weight is 199 g/mol. The summed E-state index contributed by atoms with van der Waals surface area (Å²) in [6, 6.07) is 0.540. The highest BCUT2D eigenvalue weighted by Crippen LogP contribution is 2.23. The number of hydrogen-bond donors (Lipinski definition) is 1. The highest BCUT2D eigenvalue weighted by Gasteiger charge is 2.13. The van der Waals surface area contributed by atoms with E-state index in [1.807, 2.05) is 7.05 Å². The molecule has 1 saturated carbocycles. The molecular formula is C12H25NO. The van der Waals surface area contributed by atoms with Crippen molar-refractivity contribution in [1.29, 1.82) is 0 Å². The first-order chi connectivity index (χ1) is 6.86. The molecule has 0 saturated heterocycles. The molecule has 0 bridgehead atoms. The van der Waals surface area contributed by atoms with E-state index >= 15 is 0 Å². The van der Waals surface area contributed by atoms with Gasteiger partial charge in [0.15, 0.2) is 0 Å². The van der Waals surface area contributed by atoms with Gasteiger partial charge in [-0.05, 0) is 32.2 Å². The van der Waals surface area contributed by atoms with E-state index in [1.54, 1.807) is 0 Å². The Hall–Kier alpha value is -0.0800. The number of nitrogens with one attached hydrogen (secondary N) is 1. The quantitative estimate of drug-likeness (QED) is 0.710. The third kappa shape index (κ3) is 4.43. The van der Waals surface area contributed by atoms with Gasteiger partial charge in [-0.1, -0.05) is 26.2 Å². The Kier molecular flexibility index (Phi) is 6.20. The third-order valence-corrected chi connectivity index (χ3v) is 3.30. The predicted molar refractivity (Wildman–Crippen MR) is 60.5 cm³/mol. The van der Waals surface area contributed by atoms with Crippen LogP contribution in [-0.2, 0) is 4.74 Å².